The smallest absolute Gasteiger partial charge is 0.143 e. The molecule has 2 aromatic rings. The van der Waals surface area contributed by atoms with Crippen LogP contribution in [0.5, 0.6) is 0 Å². The predicted octanol–water partition coefficient (Wildman–Crippen LogP) is 2.20. The standard InChI is InChI=1S/C16H16FN5/c1-21(16-5-7-19-11-20-16)12-6-8-22(10-12)15-4-2-3-14(17)13(15)9-18/h2-5,7,11-12H,6,8,10H2,1H3. The zero-order valence-electron chi connectivity index (χ0n) is 12.3. The van der Waals surface area contributed by atoms with Crippen LogP contribution in [0.4, 0.5) is 15.9 Å². The van der Waals surface area contributed by atoms with Crippen LogP contribution in [0.25, 0.3) is 0 Å². The van der Waals surface area contributed by atoms with Crippen LogP contribution >= 0.6 is 0 Å². The largest absolute Gasteiger partial charge is 0.368 e. The zero-order chi connectivity index (χ0) is 15.5. The molecule has 1 unspecified atom stereocenters. The van der Waals surface area contributed by atoms with Crippen molar-refractivity contribution >= 4 is 11.5 Å². The predicted molar refractivity (Wildman–Crippen MR) is 82.2 cm³/mol. The molecule has 0 spiro atoms. The van der Waals surface area contributed by atoms with Gasteiger partial charge in [0.25, 0.3) is 0 Å². The van der Waals surface area contributed by atoms with Gasteiger partial charge in [-0.15, -0.1) is 0 Å². The summed E-state index contributed by atoms with van der Waals surface area (Å²) in [6.45, 7) is 1.52. The van der Waals surface area contributed by atoms with Crippen molar-refractivity contribution in [2.75, 3.05) is 29.9 Å². The van der Waals surface area contributed by atoms with Crippen LogP contribution in [0.15, 0.2) is 36.8 Å². The summed E-state index contributed by atoms with van der Waals surface area (Å²) in [6.07, 6.45) is 4.17. The van der Waals surface area contributed by atoms with Gasteiger partial charge in [0, 0.05) is 32.4 Å². The molecule has 1 aliphatic rings. The Morgan fingerprint density at radius 2 is 2.27 bits per heavy atom. The van der Waals surface area contributed by atoms with E-state index in [2.05, 4.69) is 19.8 Å². The number of nitriles is 1. The van der Waals surface area contributed by atoms with Gasteiger partial charge in [-0.05, 0) is 24.6 Å². The average molecular weight is 297 g/mol. The third-order valence-electron chi connectivity index (χ3n) is 4.08. The summed E-state index contributed by atoms with van der Waals surface area (Å²) in [7, 11) is 1.99. The highest BCUT2D eigenvalue weighted by Crippen LogP contribution is 2.28. The lowest BCUT2D eigenvalue weighted by molar-refractivity contribution is 0.623. The number of rotatable bonds is 3. The maximum atomic E-state index is 13.7. The number of anilines is 2. The van der Waals surface area contributed by atoms with E-state index in [-0.39, 0.29) is 11.6 Å². The highest BCUT2D eigenvalue weighted by atomic mass is 19.1. The number of halogens is 1. The van der Waals surface area contributed by atoms with Crippen LogP contribution < -0.4 is 9.80 Å². The van der Waals surface area contributed by atoms with Crippen molar-refractivity contribution in [1.82, 2.24) is 9.97 Å². The van der Waals surface area contributed by atoms with Crippen molar-refractivity contribution < 1.29 is 4.39 Å². The molecule has 1 atom stereocenters. The molecule has 1 fully saturated rings. The van der Waals surface area contributed by atoms with Gasteiger partial charge in [-0.25, -0.2) is 14.4 Å². The van der Waals surface area contributed by atoms with Gasteiger partial charge in [-0.1, -0.05) is 6.07 Å². The molecule has 6 heteroatoms. The summed E-state index contributed by atoms with van der Waals surface area (Å²) < 4.78 is 13.7. The van der Waals surface area contributed by atoms with Crippen LogP contribution in [0.1, 0.15) is 12.0 Å². The van der Waals surface area contributed by atoms with E-state index in [9.17, 15) is 4.39 Å². The van der Waals surface area contributed by atoms with Crippen LogP contribution in [0.3, 0.4) is 0 Å². The van der Waals surface area contributed by atoms with Gasteiger partial charge in [-0.3, -0.25) is 0 Å². The highest BCUT2D eigenvalue weighted by Gasteiger charge is 2.28. The number of hydrogen-bond donors (Lipinski definition) is 0. The highest BCUT2D eigenvalue weighted by molar-refractivity contribution is 5.61. The molecule has 5 nitrogen and oxygen atoms in total. The number of nitrogens with zero attached hydrogens (tertiary/aromatic N) is 5. The summed E-state index contributed by atoms with van der Waals surface area (Å²) in [4.78, 5) is 12.3. The lowest BCUT2D eigenvalue weighted by Crippen LogP contribution is -2.35. The first-order chi connectivity index (χ1) is 10.7. The lowest BCUT2D eigenvalue weighted by Gasteiger charge is -2.26. The molecule has 0 aliphatic carbocycles. The van der Waals surface area contributed by atoms with Gasteiger partial charge in [0.15, 0.2) is 0 Å². The van der Waals surface area contributed by atoms with E-state index in [1.165, 1.54) is 12.4 Å². The van der Waals surface area contributed by atoms with E-state index < -0.39 is 5.82 Å². The number of benzene rings is 1. The second kappa shape index (κ2) is 5.98. The van der Waals surface area contributed by atoms with Gasteiger partial charge in [0.1, 0.15) is 29.6 Å². The summed E-state index contributed by atoms with van der Waals surface area (Å²) >= 11 is 0. The van der Waals surface area contributed by atoms with Crippen molar-refractivity contribution in [2.24, 2.45) is 0 Å². The summed E-state index contributed by atoms with van der Waals surface area (Å²) in [6, 6.07) is 8.87. The van der Waals surface area contributed by atoms with Crippen LogP contribution in [0.2, 0.25) is 0 Å². The van der Waals surface area contributed by atoms with Crippen LogP contribution in [0, 0.1) is 17.1 Å². The van der Waals surface area contributed by atoms with E-state index in [1.807, 2.05) is 19.2 Å². The molecule has 1 aliphatic heterocycles. The van der Waals surface area contributed by atoms with Crippen molar-refractivity contribution in [2.45, 2.75) is 12.5 Å². The quantitative estimate of drug-likeness (QED) is 0.869. The second-order valence-electron chi connectivity index (χ2n) is 5.31. The fourth-order valence-electron chi connectivity index (χ4n) is 2.84. The van der Waals surface area contributed by atoms with Gasteiger partial charge in [-0.2, -0.15) is 5.26 Å². The number of aromatic nitrogens is 2. The maximum Gasteiger partial charge on any atom is 0.143 e. The Morgan fingerprint density at radius 1 is 1.41 bits per heavy atom. The summed E-state index contributed by atoms with van der Waals surface area (Å²) in [5.41, 5.74) is 0.786. The molecule has 0 amide bonds. The topological polar surface area (TPSA) is 56.1 Å². The van der Waals surface area contributed by atoms with Gasteiger partial charge < -0.3 is 9.80 Å². The molecule has 1 aromatic heterocycles. The monoisotopic (exact) mass is 297 g/mol. The van der Waals surface area contributed by atoms with Crippen molar-refractivity contribution in [3.63, 3.8) is 0 Å². The van der Waals surface area contributed by atoms with Gasteiger partial charge >= 0.3 is 0 Å². The molecular formula is C16H16FN5. The molecule has 3 rings (SSSR count). The summed E-state index contributed by atoms with van der Waals surface area (Å²) in [5, 5.41) is 9.17. The van der Waals surface area contributed by atoms with E-state index in [0.717, 1.165) is 25.3 Å². The normalized spacial score (nSPS) is 17.3. The third-order valence-corrected chi connectivity index (χ3v) is 4.08. The maximum absolute atomic E-state index is 13.7. The Morgan fingerprint density at radius 3 is 3.00 bits per heavy atom. The molecule has 0 radical (unpaired) electrons. The number of hydrogen-bond acceptors (Lipinski definition) is 5. The molecule has 22 heavy (non-hydrogen) atoms. The molecule has 0 N–H and O–H groups in total. The van der Waals surface area contributed by atoms with Crippen LogP contribution in [-0.2, 0) is 0 Å². The zero-order valence-corrected chi connectivity index (χ0v) is 12.3. The second-order valence-corrected chi connectivity index (χ2v) is 5.31. The molecular weight excluding hydrogens is 281 g/mol. The molecule has 1 saturated heterocycles. The lowest BCUT2D eigenvalue weighted by atomic mass is 10.1. The Bertz CT molecular complexity index is 697. The minimum Gasteiger partial charge on any atom is -0.368 e. The van der Waals surface area contributed by atoms with Crippen LogP contribution in [-0.4, -0.2) is 36.1 Å². The molecule has 0 saturated carbocycles. The first-order valence-corrected chi connectivity index (χ1v) is 7.13. The van der Waals surface area contributed by atoms with Crippen molar-refractivity contribution in [3.8, 4) is 6.07 Å². The Balaban J connectivity index is 1.79. The number of likely N-dealkylation sites (N-methyl/N-ethyl adjacent to an activating group) is 1. The third kappa shape index (κ3) is 2.58. The van der Waals surface area contributed by atoms with E-state index >= 15 is 0 Å². The Hall–Kier alpha value is -2.68. The first-order valence-electron chi connectivity index (χ1n) is 7.13. The molecule has 1 aromatic carbocycles. The van der Waals surface area contributed by atoms with Gasteiger partial charge in [0.05, 0.1) is 5.69 Å². The van der Waals surface area contributed by atoms with Crippen molar-refractivity contribution in [3.05, 3.63) is 48.2 Å². The average Bonchev–Trinajstić information content (AvgIpc) is 3.04. The SMILES string of the molecule is CN(c1ccncn1)C1CCN(c2cccc(F)c2C#N)C1. The Labute approximate surface area is 128 Å². The summed E-state index contributed by atoms with van der Waals surface area (Å²) in [5.74, 6) is 0.397. The van der Waals surface area contributed by atoms with Crippen molar-refractivity contribution in [1.29, 1.82) is 5.26 Å². The fourth-order valence-corrected chi connectivity index (χ4v) is 2.84. The molecule has 0 bridgehead atoms. The minimum atomic E-state index is -0.465. The van der Waals surface area contributed by atoms with E-state index in [1.54, 1.807) is 18.3 Å². The Kier molecular flexibility index (Phi) is 3.88. The first kappa shape index (κ1) is 14.3. The molecule has 2 heterocycles. The van der Waals surface area contributed by atoms with E-state index in [4.69, 9.17) is 5.26 Å². The fraction of sp³-hybridized carbons (Fsp3) is 0.312. The van der Waals surface area contributed by atoms with Gasteiger partial charge in [0.2, 0.25) is 0 Å². The van der Waals surface area contributed by atoms with E-state index in [0.29, 0.717) is 5.69 Å². The minimum absolute atomic E-state index is 0.118. The molecule has 112 valence electrons.